The van der Waals surface area contributed by atoms with Crippen LogP contribution in [0, 0.1) is 11.3 Å². The summed E-state index contributed by atoms with van der Waals surface area (Å²) < 4.78 is 2.03. The molecule has 0 bridgehead atoms. The number of nitrogens with zero attached hydrogens (tertiary/aromatic N) is 3. The zero-order valence-electron chi connectivity index (χ0n) is 8.02. The molecule has 3 nitrogen and oxygen atoms in total. The Kier molecular flexibility index (Phi) is 3.10. The van der Waals surface area contributed by atoms with Crippen molar-refractivity contribution < 1.29 is 0 Å². The minimum atomic E-state index is 0.472. The molecular formula is C10H13N3S. The number of aromatic nitrogens is 2. The van der Waals surface area contributed by atoms with Crippen LogP contribution in [-0.2, 0) is 6.42 Å². The zero-order valence-corrected chi connectivity index (χ0v) is 8.83. The Morgan fingerprint density at radius 3 is 3.36 bits per heavy atom. The van der Waals surface area contributed by atoms with Crippen molar-refractivity contribution in [1.29, 1.82) is 5.26 Å². The molecule has 0 aromatic carbocycles. The predicted octanol–water partition coefficient (Wildman–Crippen LogP) is 2.02. The molecule has 1 aliphatic rings. The maximum absolute atomic E-state index is 8.55. The Bertz CT molecular complexity index is 333. The summed E-state index contributed by atoms with van der Waals surface area (Å²) in [5, 5.41) is 12.9. The van der Waals surface area contributed by atoms with E-state index in [0.29, 0.717) is 12.5 Å². The first-order chi connectivity index (χ1) is 6.90. The van der Waals surface area contributed by atoms with Crippen LogP contribution in [0.4, 0.5) is 0 Å². The monoisotopic (exact) mass is 207 g/mol. The van der Waals surface area contributed by atoms with Crippen LogP contribution in [0.1, 0.15) is 24.4 Å². The molecule has 74 valence electrons. The molecule has 1 aliphatic heterocycles. The maximum Gasteiger partial charge on any atom is 0.0670 e. The van der Waals surface area contributed by atoms with Crippen LogP contribution in [0.3, 0.4) is 0 Å². The van der Waals surface area contributed by atoms with E-state index in [1.807, 2.05) is 28.8 Å². The highest BCUT2D eigenvalue weighted by atomic mass is 32.2. The van der Waals surface area contributed by atoms with E-state index in [9.17, 15) is 0 Å². The SMILES string of the molecule is N#CCc1cnn(C2CCCSC2)c1. The Labute approximate surface area is 88.1 Å². The van der Waals surface area contributed by atoms with E-state index in [2.05, 4.69) is 11.2 Å². The van der Waals surface area contributed by atoms with Crippen molar-refractivity contribution in [1.82, 2.24) is 9.78 Å². The van der Waals surface area contributed by atoms with Gasteiger partial charge in [-0.3, -0.25) is 4.68 Å². The predicted molar refractivity (Wildman–Crippen MR) is 57.1 cm³/mol. The van der Waals surface area contributed by atoms with Gasteiger partial charge in [-0.05, 0) is 18.6 Å². The van der Waals surface area contributed by atoms with Gasteiger partial charge >= 0.3 is 0 Å². The van der Waals surface area contributed by atoms with E-state index in [1.54, 1.807) is 0 Å². The van der Waals surface area contributed by atoms with Gasteiger partial charge in [0.25, 0.3) is 0 Å². The Balaban J connectivity index is 2.04. The van der Waals surface area contributed by atoms with Crippen molar-refractivity contribution in [3.8, 4) is 6.07 Å². The van der Waals surface area contributed by atoms with Crippen molar-refractivity contribution in [2.75, 3.05) is 11.5 Å². The quantitative estimate of drug-likeness (QED) is 0.745. The molecule has 4 heteroatoms. The number of hydrogen-bond acceptors (Lipinski definition) is 3. The molecule has 1 saturated heterocycles. The summed E-state index contributed by atoms with van der Waals surface area (Å²) >= 11 is 1.99. The molecule has 0 aliphatic carbocycles. The van der Waals surface area contributed by atoms with Crippen LogP contribution < -0.4 is 0 Å². The van der Waals surface area contributed by atoms with Crippen LogP contribution in [-0.4, -0.2) is 21.3 Å². The summed E-state index contributed by atoms with van der Waals surface area (Å²) in [6.45, 7) is 0. The normalized spacial score (nSPS) is 21.8. The fourth-order valence-electron chi connectivity index (χ4n) is 1.69. The smallest absolute Gasteiger partial charge is 0.0670 e. The maximum atomic E-state index is 8.55. The van der Waals surface area contributed by atoms with Gasteiger partial charge < -0.3 is 0 Å². The van der Waals surface area contributed by atoms with Crippen LogP contribution in [0.25, 0.3) is 0 Å². The van der Waals surface area contributed by atoms with E-state index in [1.165, 1.54) is 18.6 Å². The summed E-state index contributed by atoms with van der Waals surface area (Å²) in [6, 6.07) is 2.68. The molecule has 14 heavy (non-hydrogen) atoms. The molecule has 1 aromatic rings. The fourth-order valence-corrected chi connectivity index (χ4v) is 2.82. The highest BCUT2D eigenvalue weighted by molar-refractivity contribution is 7.99. The lowest BCUT2D eigenvalue weighted by Crippen LogP contribution is -2.16. The summed E-state index contributed by atoms with van der Waals surface area (Å²) in [7, 11) is 0. The summed E-state index contributed by atoms with van der Waals surface area (Å²) in [5.41, 5.74) is 1.03. The zero-order chi connectivity index (χ0) is 9.80. The topological polar surface area (TPSA) is 41.6 Å². The van der Waals surface area contributed by atoms with Crippen molar-refractivity contribution in [2.45, 2.75) is 25.3 Å². The highest BCUT2D eigenvalue weighted by Gasteiger charge is 2.16. The van der Waals surface area contributed by atoms with Crippen LogP contribution in [0.15, 0.2) is 12.4 Å². The first-order valence-electron chi connectivity index (χ1n) is 4.88. The summed E-state index contributed by atoms with van der Waals surface area (Å²) in [4.78, 5) is 0. The third-order valence-electron chi connectivity index (χ3n) is 2.45. The molecule has 2 rings (SSSR count). The van der Waals surface area contributed by atoms with Crippen molar-refractivity contribution in [3.63, 3.8) is 0 Å². The molecule has 1 atom stereocenters. The van der Waals surface area contributed by atoms with Crippen LogP contribution in [0.5, 0.6) is 0 Å². The van der Waals surface area contributed by atoms with Gasteiger partial charge in [0.2, 0.25) is 0 Å². The van der Waals surface area contributed by atoms with E-state index in [4.69, 9.17) is 5.26 Å². The molecule has 0 radical (unpaired) electrons. The second-order valence-electron chi connectivity index (χ2n) is 3.53. The van der Waals surface area contributed by atoms with E-state index < -0.39 is 0 Å². The van der Waals surface area contributed by atoms with Gasteiger partial charge in [-0.1, -0.05) is 0 Å². The second-order valence-corrected chi connectivity index (χ2v) is 4.68. The average Bonchev–Trinajstić information content (AvgIpc) is 2.68. The second kappa shape index (κ2) is 4.52. The Hall–Kier alpha value is -0.950. The van der Waals surface area contributed by atoms with Gasteiger partial charge in [0.15, 0.2) is 0 Å². The molecule has 0 saturated carbocycles. The van der Waals surface area contributed by atoms with Crippen molar-refractivity contribution in [3.05, 3.63) is 18.0 Å². The van der Waals surface area contributed by atoms with E-state index in [-0.39, 0.29) is 0 Å². The molecule has 1 fully saturated rings. The standard InChI is InChI=1S/C10H13N3S/c11-4-3-9-6-12-13(7-9)10-2-1-5-14-8-10/h6-7,10H,1-3,5,8H2. The molecule has 2 heterocycles. The number of rotatable bonds is 2. The van der Waals surface area contributed by atoms with Gasteiger partial charge in [-0.15, -0.1) is 0 Å². The molecule has 0 N–H and O–H groups in total. The first kappa shape index (κ1) is 9.60. The van der Waals surface area contributed by atoms with Gasteiger partial charge in [-0.25, -0.2) is 0 Å². The molecule has 1 aromatic heterocycles. The summed E-state index contributed by atoms with van der Waals surface area (Å²) in [5.74, 6) is 2.44. The van der Waals surface area contributed by atoms with Gasteiger partial charge in [-0.2, -0.15) is 22.1 Å². The third kappa shape index (κ3) is 2.10. The van der Waals surface area contributed by atoms with Gasteiger partial charge in [0, 0.05) is 17.5 Å². The van der Waals surface area contributed by atoms with Gasteiger partial charge in [0.1, 0.15) is 0 Å². The third-order valence-corrected chi connectivity index (χ3v) is 3.65. The van der Waals surface area contributed by atoms with E-state index in [0.717, 1.165) is 11.3 Å². The Morgan fingerprint density at radius 2 is 2.64 bits per heavy atom. The molecule has 0 spiro atoms. The minimum Gasteiger partial charge on any atom is -0.269 e. The lowest BCUT2D eigenvalue weighted by Gasteiger charge is -2.21. The van der Waals surface area contributed by atoms with E-state index >= 15 is 0 Å². The van der Waals surface area contributed by atoms with Crippen LogP contribution >= 0.6 is 11.8 Å². The average molecular weight is 207 g/mol. The van der Waals surface area contributed by atoms with Crippen LogP contribution in [0.2, 0.25) is 0 Å². The lowest BCUT2D eigenvalue weighted by molar-refractivity contribution is 0.454. The molecular weight excluding hydrogens is 194 g/mol. The lowest BCUT2D eigenvalue weighted by atomic mass is 10.2. The largest absolute Gasteiger partial charge is 0.269 e. The number of thioether (sulfide) groups is 1. The first-order valence-corrected chi connectivity index (χ1v) is 6.03. The fraction of sp³-hybridized carbons (Fsp3) is 0.600. The van der Waals surface area contributed by atoms with Gasteiger partial charge in [0.05, 0.1) is 24.7 Å². The summed E-state index contributed by atoms with van der Waals surface area (Å²) in [6.07, 6.45) is 6.80. The number of nitriles is 1. The van der Waals surface area contributed by atoms with Crippen molar-refractivity contribution in [2.24, 2.45) is 0 Å². The highest BCUT2D eigenvalue weighted by Crippen LogP contribution is 2.26. The minimum absolute atomic E-state index is 0.472. The van der Waals surface area contributed by atoms with Crippen molar-refractivity contribution >= 4 is 11.8 Å². The molecule has 1 unspecified atom stereocenters. The Morgan fingerprint density at radius 1 is 1.71 bits per heavy atom. The number of hydrogen-bond donors (Lipinski definition) is 0. The molecule has 0 amide bonds.